The Morgan fingerprint density at radius 1 is 0.405 bits per heavy atom. The Morgan fingerprint density at radius 3 is 0.784 bits per heavy atom. The molecule has 0 aliphatic heterocycles. The van der Waals surface area contributed by atoms with E-state index in [1.54, 1.807) is 0 Å². The molecule has 0 aromatic rings. The Morgan fingerprint density at radius 2 is 0.595 bits per heavy atom. The van der Waals surface area contributed by atoms with Crippen LogP contribution in [-0.4, -0.2) is 78.2 Å². The molecule has 0 saturated heterocycles. The second kappa shape index (κ2) is 9.52. The summed E-state index contributed by atoms with van der Waals surface area (Å²) in [6.07, 6.45) is -8.07. The molecule has 0 saturated carbocycles. The van der Waals surface area contributed by atoms with Crippen molar-refractivity contribution in [2.24, 2.45) is 0 Å². The fourth-order valence-corrected chi connectivity index (χ4v) is 2.53. The molecule has 0 aromatic carbocycles. The van der Waals surface area contributed by atoms with Crippen molar-refractivity contribution in [3.8, 4) is 0 Å². The molecule has 0 radical (unpaired) electrons. The third-order valence-electron chi connectivity index (χ3n) is 3.93. The first-order valence-corrected chi connectivity index (χ1v) is 8.94. The third-order valence-corrected chi connectivity index (χ3v) is 4.65. The zero-order valence-corrected chi connectivity index (χ0v) is 19.1. The topological polar surface area (TPSA) is 57.2 Å². The minimum absolute atomic E-state index is 0. The number of alkyl halides is 21. The van der Waals surface area contributed by atoms with Crippen molar-refractivity contribution in [1.29, 1.82) is 0 Å². The van der Waals surface area contributed by atoms with Crippen LogP contribution in [0.1, 0.15) is 0 Å². The molecule has 0 aliphatic carbocycles. The summed E-state index contributed by atoms with van der Waals surface area (Å²) in [4.78, 5) is 0. The number of halogens is 21. The van der Waals surface area contributed by atoms with E-state index in [-0.39, 0.29) is 29.6 Å². The summed E-state index contributed by atoms with van der Waals surface area (Å²) in [5.41, 5.74) is 0. The van der Waals surface area contributed by atoms with E-state index in [2.05, 4.69) is 0 Å². The SMILES string of the molecule is O=S(=O)([O-])CC(F)(F)C(F)(F)C(F)(F)C(F)(F)C(F)(F)C(F)(F)C(F)(F)C(F)(F)C(F)(F)C(F)(F)F.[Na+]. The van der Waals surface area contributed by atoms with Gasteiger partial charge >= 0.3 is 89.0 Å². The molecule has 0 fully saturated rings. The molecule has 0 rings (SSSR count). The van der Waals surface area contributed by atoms with Crippen molar-refractivity contribution in [3.05, 3.63) is 0 Å². The van der Waals surface area contributed by atoms with Crippen LogP contribution in [0.2, 0.25) is 0 Å². The number of rotatable bonds is 10. The molecule has 0 spiro atoms. The van der Waals surface area contributed by atoms with Gasteiger partial charge in [-0.25, -0.2) is 8.42 Å². The minimum atomic E-state index is -9.33. The Hall–Kier alpha value is -0.560. The second-order valence-electron chi connectivity index (χ2n) is 6.50. The first kappa shape index (κ1) is 38.6. The second-order valence-corrected chi connectivity index (χ2v) is 7.90. The van der Waals surface area contributed by atoms with E-state index in [4.69, 9.17) is 0 Å². The van der Waals surface area contributed by atoms with Crippen LogP contribution < -0.4 is 29.6 Å². The first-order valence-electron chi connectivity index (χ1n) is 7.36. The van der Waals surface area contributed by atoms with Crippen LogP contribution in [0.25, 0.3) is 0 Å². The van der Waals surface area contributed by atoms with Gasteiger partial charge in [-0.05, 0) is 0 Å². The summed E-state index contributed by atoms with van der Waals surface area (Å²) in [7, 11) is -6.91. The van der Waals surface area contributed by atoms with Crippen molar-refractivity contribution >= 4 is 10.1 Å². The predicted octanol–water partition coefficient (Wildman–Crippen LogP) is 2.82. The molecule has 0 unspecified atom stereocenters. The average Bonchev–Trinajstić information content (AvgIpc) is 2.57. The molecule has 0 atom stereocenters. The van der Waals surface area contributed by atoms with Crippen molar-refractivity contribution in [1.82, 2.24) is 0 Å². The van der Waals surface area contributed by atoms with E-state index in [9.17, 15) is 105 Å². The maximum atomic E-state index is 13.4. The number of hydrogen-bond donors (Lipinski definition) is 0. The number of hydrogen-bond acceptors (Lipinski definition) is 3. The zero-order chi connectivity index (χ0) is 30.2. The average molecular weight is 636 g/mol. The van der Waals surface area contributed by atoms with E-state index in [1.165, 1.54) is 0 Å². The smallest absolute Gasteiger partial charge is 0.748 e. The summed E-state index contributed by atoms with van der Waals surface area (Å²) in [6.45, 7) is 0. The van der Waals surface area contributed by atoms with Gasteiger partial charge < -0.3 is 4.55 Å². The third kappa shape index (κ3) is 5.30. The van der Waals surface area contributed by atoms with E-state index >= 15 is 0 Å². The molecule has 0 aliphatic rings. The van der Waals surface area contributed by atoms with Crippen LogP contribution in [0.4, 0.5) is 92.2 Å². The van der Waals surface area contributed by atoms with Crippen molar-refractivity contribution < 1.29 is 135 Å². The Kier molecular flexibility index (Phi) is 9.93. The van der Waals surface area contributed by atoms with Gasteiger partial charge in [0.25, 0.3) is 0 Å². The van der Waals surface area contributed by atoms with Crippen LogP contribution in [0, 0.1) is 0 Å². The van der Waals surface area contributed by atoms with Gasteiger partial charge in [0, 0.05) is 0 Å². The minimum Gasteiger partial charge on any atom is -0.748 e. The molecule has 0 N–H and O–H groups in total. The summed E-state index contributed by atoms with van der Waals surface area (Å²) in [5, 5.41) is 0. The Bertz CT molecular complexity index is 936. The van der Waals surface area contributed by atoms with Crippen LogP contribution in [-0.2, 0) is 10.1 Å². The van der Waals surface area contributed by atoms with Gasteiger partial charge in [-0.2, -0.15) is 92.2 Å². The fourth-order valence-electron chi connectivity index (χ4n) is 1.90. The van der Waals surface area contributed by atoms with Gasteiger partial charge in [0.15, 0.2) is 0 Å². The first-order chi connectivity index (χ1) is 15.0. The zero-order valence-electron chi connectivity index (χ0n) is 16.3. The van der Waals surface area contributed by atoms with Crippen molar-refractivity contribution in [3.63, 3.8) is 0 Å². The Balaban J connectivity index is 0. The molecule has 0 heterocycles. The predicted molar refractivity (Wildman–Crippen MR) is 65.1 cm³/mol. The van der Waals surface area contributed by atoms with Gasteiger partial charge in [-0.1, -0.05) is 0 Å². The fraction of sp³-hybridized carbons (Fsp3) is 1.00. The molecule has 3 nitrogen and oxygen atoms in total. The normalized spacial score (nSPS) is 16.5. The van der Waals surface area contributed by atoms with E-state index in [0.717, 1.165) is 0 Å². The molecule has 0 aromatic heterocycles. The maximum Gasteiger partial charge on any atom is 1.00 e. The summed E-state index contributed by atoms with van der Waals surface area (Å²) < 4.78 is 302. The molecule has 0 amide bonds. The van der Waals surface area contributed by atoms with Crippen LogP contribution in [0.3, 0.4) is 0 Å². The van der Waals surface area contributed by atoms with Gasteiger partial charge in [-0.15, -0.1) is 0 Å². The summed E-state index contributed by atoms with van der Waals surface area (Å²) in [5.74, 6) is -83.6. The molecular weight excluding hydrogens is 634 g/mol. The monoisotopic (exact) mass is 636 g/mol. The van der Waals surface area contributed by atoms with Crippen LogP contribution in [0.15, 0.2) is 0 Å². The van der Waals surface area contributed by atoms with Crippen LogP contribution >= 0.6 is 0 Å². The standard InChI is InChI=1S/C11H3F21O3S.Na/c12-2(13,1-36(33,34)35)3(14,15)4(16,17)5(18,19)6(20,21)7(22,23)8(24,25)9(26,27)10(28,29)11(30,31)32;/h1H2,(H,33,34,35);/q;+1/p-1. The molecule has 0 bridgehead atoms. The quantitative estimate of drug-likeness (QED) is 0.211. The van der Waals surface area contributed by atoms with Crippen molar-refractivity contribution in [2.75, 3.05) is 5.75 Å². The van der Waals surface area contributed by atoms with Gasteiger partial charge in [0.1, 0.15) is 15.9 Å². The summed E-state index contributed by atoms with van der Waals surface area (Å²) >= 11 is 0. The van der Waals surface area contributed by atoms with E-state index < -0.39 is 75.4 Å². The molecular formula is C11H2F21NaO3S. The van der Waals surface area contributed by atoms with Crippen LogP contribution in [0.5, 0.6) is 0 Å². The van der Waals surface area contributed by atoms with Gasteiger partial charge in [-0.3, -0.25) is 0 Å². The molecule has 26 heteroatoms. The van der Waals surface area contributed by atoms with Gasteiger partial charge in [0.05, 0.1) is 0 Å². The summed E-state index contributed by atoms with van der Waals surface area (Å²) in [6, 6.07) is 0. The molecule has 218 valence electrons. The maximum absolute atomic E-state index is 13.4. The van der Waals surface area contributed by atoms with E-state index in [1.807, 2.05) is 0 Å². The molecule has 37 heavy (non-hydrogen) atoms. The Labute approximate surface area is 210 Å². The van der Waals surface area contributed by atoms with Gasteiger partial charge in [0.2, 0.25) is 0 Å². The van der Waals surface area contributed by atoms with Crippen molar-refractivity contribution in [2.45, 2.75) is 59.5 Å². The van der Waals surface area contributed by atoms with E-state index in [0.29, 0.717) is 0 Å². The largest absolute Gasteiger partial charge is 1.00 e.